The molecule has 1 amide bonds. The quantitative estimate of drug-likeness (QED) is 0.436. The average Bonchev–Trinajstić information content (AvgIpc) is 2.85. The summed E-state index contributed by atoms with van der Waals surface area (Å²) >= 11 is 10.8. The SMILES string of the molecule is O=C(Nc1ccccc1Br)[C@@H](SC(=S)N1C[C@H]2C[C@@H](C1)c1cccc(=O)n1C2)c1ccccc1. The number of halogens is 1. The minimum atomic E-state index is -0.475. The molecule has 3 aromatic rings. The van der Waals surface area contributed by atoms with Crippen LogP contribution in [0.5, 0.6) is 0 Å². The summed E-state index contributed by atoms with van der Waals surface area (Å²) in [6.45, 7) is 2.29. The molecule has 0 saturated carbocycles. The molecular weight excluding hydrogens is 530 g/mol. The largest absolute Gasteiger partial charge is 0.356 e. The van der Waals surface area contributed by atoms with Crippen molar-refractivity contribution in [1.29, 1.82) is 0 Å². The van der Waals surface area contributed by atoms with Crippen LogP contribution in [0.15, 0.2) is 82.1 Å². The normalized spacial score (nSPS) is 19.7. The second-order valence-corrected chi connectivity index (χ2v) is 11.3. The highest BCUT2D eigenvalue weighted by atomic mass is 79.9. The first-order chi connectivity index (χ1) is 16.5. The van der Waals surface area contributed by atoms with Crippen molar-refractivity contribution in [2.45, 2.75) is 24.1 Å². The molecule has 0 radical (unpaired) electrons. The maximum Gasteiger partial charge on any atom is 0.250 e. The molecule has 1 N–H and O–H groups in total. The van der Waals surface area contributed by atoms with E-state index in [2.05, 4.69) is 32.2 Å². The van der Waals surface area contributed by atoms with Gasteiger partial charge >= 0.3 is 0 Å². The van der Waals surface area contributed by atoms with Crippen LogP contribution in [0.25, 0.3) is 0 Å². The van der Waals surface area contributed by atoms with Gasteiger partial charge in [-0.3, -0.25) is 9.59 Å². The van der Waals surface area contributed by atoms with Crippen molar-refractivity contribution in [2.75, 3.05) is 18.4 Å². The van der Waals surface area contributed by atoms with Crippen molar-refractivity contribution in [3.8, 4) is 0 Å². The summed E-state index contributed by atoms with van der Waals surface area (Å²) in [4.78, 5) is 28.0. The predicted molar refractivity (Wildman–Crippen MR) is 145 cm³/mol. The number of aromatic nitrogens is 1. The Morgan fingerprint density at radius 2 is 1.76 bits per heavy atom. The lowest BCUT2D eigenvalue weighted by Gasteiger charge is -2.43. The highest BCUT2D eigenvalue weighted by molar-refractivity contribution is 9.10. The first kappa shape index (κ1) is 23.3. The molecule has 1 saturated heterocycles. The van der Waals surface area contributed by atoms with Gasteiger partial charge in [-0.25, -0.2) is 0 Å². The van der Waals surface area contributed by atoms with Gasteiger partial charge in [-0.2, -0.15) is 0 Å². The summed E-state index contributed by atoms with van der Waals surface area (Å²) < 4.78 is 3.47. The fourth-order valence-corrected chi connectivity index (χ4v) is 6.66. The molecule has 8 heteroatoms. The maximum absolute atomic E-state index is 13.4. The molecule has 34 heavy (non-hydrogen) atoms. The first-order valence-corrected chi connectivity index (χ1v) is 13.3. The van der Waals surface area contributed by atoms with Gasteiger partial charge in [0.25, 0.3) is 5.56 Å². The van der Waals surface area contributed by atoms with Crippen molar-refractivity contribution < 1.29 is 4.79 Å². The third-order valence-electron chi connectivity index (χ3n) is 6.43. The van der Waals surface area contributed by atoms with Crippen LogP contribution < -0.4 is 10.9 Å². The number of hydrogen-bond acceptors (Lipinski definition) is 4. The Hall–Kier alpha value is -2.42. The van der Waals surface area contributed by atoms with Gasteiger partial charge in [-0.1, -0.05) is 72.5 Å². The van der Waals surface area contributed by atoms with Gasteiger partial charge in [0.05, 0.1) is 5.69 Å². The number of carbonyl (C=O) groups is 1. The molecular formula is C26H24BrN3O2S2. The summed E-state index contributed by atoms with van der Waals surface area (Å²) in [5.41, 5.74) is 2.81. The number of para-hydroxylation sites is 1. The number of pyridine rings is 1. The van der Waals surface area contributed by atoms with Crippen LogP contribution in [0.2, 0.25) is 0 Å². The number of thiocarbonyl (C=S) groups is 1. The minimum Gasteiger partial charge on any atom is -0.356 e. The smallest absolute Gasteiger partial charge is 0.250 e. The van der Waals surface area contributed by atoms with Gasteiger partial charge < -0.3 is 14.8 Å². The lowest BCUT2D eigenvalue weighted by Crippen LogP contribution is -2.48. The molecule has 1 aromatic heterocycles. The summed E-state index contributed by atoms with van der Waals surface area (Å²) in [5, 5.41) is 2.58. The Kier molecular flexibility index (Phi) is 6.90. The van der Waals surface area contributed by atoms with Gasteiger partial charge in [0.15, 0.2) is 0 Å². The van der Waals surface area contributed by atoms with E-state index >= 15 is 0 Å². The molecule has 1 fully saturated rings. The summed E-state index contributed by atoms with van der Waals surface area (Å²) in [5.74, 6) is 0.526. The Morgan fingerprint density at radius 1 is 1.00 bits per heavy atom. The zero-order valence-corrected chi connectivity index (χ0v) is 21.6. The lowest BCUT2D eigenvalue weighted by atomic mass is 9.83. The Morgan fingerprint density at radius 3 is 2.56 bits per heavy atom. The van der Waals surface area contributed by atoms with E-state index in [0.717, 1.165) is 51.8 Å². The number of fused-ring (bicyclic) bond motifs is 4. The molecule has 2 bridgehead atoms. The molecule has 2 aliphatic rings. The topological polar surface area (TPSA) is 54.3 Å². The van der Waals surface area contributed by atoms with Crippen molar-refractivity contribution >= 4 is 55.8 Å². The Balaban J connectivity index is 1.36. The molecule has 2 aliphatic heterocycles. The fraction of sp³-hybridized carbons (Fsp3) is 0.269. The molecule has 5 nitrogen and oxygen atoms in total. The minimum absolute atomic E-state index is 0.0745. The van der Waals surface area contributed by atoms with E-state index in [1.165, 1.54) is 11.8 Å². The summed E-state index contributed by atoms with van der Waals surface area (Å²) in [7, 11) is 0. The van der Waals surface area contributed by atoms with Crippen LogP contribution in [0.3, 0.4) is 0 Å². The van der Waals surface area contributed by atoms with Crippen LogP contribution >= 0.6 is 39.9 Å². The molecule has 3 heterocycles. The lowest BCUT2D eigenvalue weighted by molar-refractivity contribution is -0.115. The van der Waals surface area contributed by atoms with E-state index in [1.54, 1.807) is 6.07 Å². The third kappa shape index (κ3) is 4.85. The van der Waals surface area contributed by atoms with Gasteiger partial charge in [-0.15, -0.1) is 0 Å². The zero-order valence-electron chi connectivity index (χ0n) is 18.4. The van der Waals surface area contributed by atoms with Gasteiger partial charge in [-0.05, 0) is 52.0 Å². The number of piperidine rings is 1. The van der Waals surface area contributed by atoms with E-state index in [-0.39, 0.29) is 17.4 Å². The number of likely N-dealkylation sites (tertiary alicyclic amines) is 1. The first-order valence-electron chi connectivity index (χ1n) is 11.3. The molecule has 0 unspecified atom stereocenters. The molecule has 0 aliphatic carbocycles. The van der Waals surface area contributed by atoms with Gasteiger partial charge in [0.2, 0.25) is 5.91 Å². The van der Waals surface area contributed by atoms with Gasteiger partial charge in [0, 0.05) is 41.8 Å². The standard InChI is InChI=1S/C26H24BrN3O2S2/c27-20-9-4-5-10-21(20)28-25(32)24(18-7-2-1-3-8-18)34-26(33)29-14-17-13-19(16-29)22-11-6-12-23(31)30(22)15-17/h1-12,17,19,24H,13-16H2,(H,28,32)/t17-,19+,24+/m1/s1. The second-order valence-electron chi connectivity index (χ2n) is 8.75. The number of carbonyl (C=O) groups excluding carboxylic acids is 1. The Bertz CT molecular complexity index is 1280. The summed E-state index contributed by atoms with van der Waals surface area (Å²) in [6, 6.07) is 22.9. The van der Waals surface area contributed by atoms with Crippen molar-refractivity contribution in [1.82, 2.24) is 9.47 Å². The van der Waals surface area contributed by atoms with Crippen molar-refractivity contribution in [3.63, 3.8) is 0 Å². The van der Waals surface area contributed by atoms with Crippen LogP contribution in [-0.4, -0.2) is 32.8 Å². The predicted octanol–water partition coefficient (Wildman–Crippen LogP) is 5.43. The number of rotatable bonds is 4. The van der Waals surface area contributed by atoms with E-state index in [9.17, 15) is 9.59 Å². The molecule has 0 spiro atoms. The van der Waals surface area contributed by atoms with Crippen molar-refractivity contribution in [2.24, 2.45) is 5.92 Å². The van der Waals surface area contributed by atoms with Crippen LogP contribution in [0.4, 0.5) is 5.69 Å². The summed E-state index contributed by atoms with van der Waals surface area (Å²) in [6.07, 6.45) is 1.07. The monoisotopic (exact) mass is 553 g/mol. The highest BCUT2D eigenvalue weighted by Gasteiger charge is 2.36. The van der Waals surface area contributed by atoms with E-state index in [0.29, 0.717) is 5.92 Å². The number of nitrogens with one attached hydrogen (secondary N) is 1. The number of thioether (sulfide) groups is 1. The van der Waals surface area contributed by atoms with Crippen LogP contribution in [-0.2, 0) is 11.3 Å². The fourth-order valence-electron chi connectivity index (χ4n) is 4.88. The molecule has 2 aromatic carbocycles. The van der Waals surface area contributed by atoms with Gasteiger partial charge in [0.1, 0.15) is 9.57 Å². The Labute approximate surface area is 216 Å². The average molecular weight is 555 g/mol. The highest BCUT2D eigenvalue weighted by Crippen LogP contribution is 2.39. The number of amides is 1. The van der Waals surface area contributed by atoms with E-state index < -0.39 is 5.25 Å². The van der Waals surface area contributed by atoms with Crippen molar-refractivity contribution in [3.05, 3.63) is 98.9 Å². The van der Waals surface area contributed by atoms with Crippen LogP contribution in [0.1, 0.15) is 28.8 Å². The molecule has 3 atom stereocenters. The molecule has 174 valence electrons. The number of benzene rings is 2. The van der Waals surface area contributed by atoms with E-state index in [4.69, 9.17) is 12.2 Å². The third-order valence-corrected chi connectivity index (χ3v) is 8.85. The zero-order chi connectivity index (χ0) is 23.7. The molecule has 5 rings (SSSR count). The number of anilines is 1. The number of hydrogen-bond donors (Lipinski definition) is 1. The second kappa shape index (κ2) is 10.1. The maximum atomic E-state index is 13.4. The van der Waals surface area contributed by atoms with Crippen LogP contribution in [0, 0.1) is 5.92 Å². The number of nitrogens with zero attached hydrogens (tertiary/aromatic N) is 2. The van der Waals surface area contributed by atoms with E-state index in [1.807, 2.05) is 65.2 Å².